The lowest BCUT2D eigenvalue weighted by molar-refractivity contribution is -0.0293. The van der Waals surface area contributed by atoms with E-state index in [-0.39, 0.29) is 11.7 Å². The summed E-state index contributed by atoms with van der Waals surface area (Å²) in [5, 5.41) is 2.74. The number of morpholine rings is 1. The highest BCUT2D eigenvalue weighted by Crippen LogP contribution is 2.21. The number of benzene rings is 2. The van der Waals surface area contributed by atoms with Crippen molar-refractivity contribution < 1.29 is 18.3 Å². The van der Waals surface area contributed by atoms with Crippen LogP contribution in [-0.4, -0.2) is 43.6 Å². The second kappa shape index (κ2) is 8.18. The number of amides is 1. The molecule has 1 amide bonds. The van der Waals surface area contributed by atoms with E-state index in [0.29, 0.717) is 19.7 Å². The predicted octanol–water partition coefficient (Wildman–Crippen LogP) is 2.77. The summed E-state index contributed by atoms with van der Waals surface area (Å²) in [6, 6.07) is 13.2. The minimum atomic E-state index is -1.02. The molecular weight excluding hydrogens is 326 g/mol. The molecule has 3 rings (SSSR count). The van der Waals surface area contributed by atoms with Crippen LogP contribution >= 0.6 is 0 Å². The minimum Gasteiger partial charge on any atom is -0.371 e. The molecule has 1 aliphatic rings. The van der Waals surface area contributed by atoms with Crippen molar-refractivity contribution in [3.8, 4) is 0 Å². The normalized spacial score (nSPS) is 18.1. The lowest BCUT2D eigenvalue weighted by atomic mass is 10.1. The molecule has 2 aromatic rings. The van der Waals surface area contributed by atoms with Crippen LogP contribution in [0.25, 0.3) is 0 Å². The third-order valence-electron chi connectivity index (χ3n) is 4.22. The third-order valence-corrected chi connectivity index (χ3v) is 4.22. The first-order valence-electron chi connectivity index (χ1n) is 8.25. The van der Waals surface area contributed by atoms with Crippen LogP contribution in [0.3, 0.4) is 0 Å². The van der Waals surface area contributed by atoms with E-state index in [1.165, 1.54) is 6.07 Å². The highest BCUT2D eigenvalue weighted by atomic mass is 19.2. The van der Waals surface area contributed by atoms with Gasteiger partial charge in [0.2, 0.25) is 0 Å². The van der Waals surface area contributed by atoms with Crippen LogP contribution in [0, 0.1) is 11.6 Å². The number of hydrogen-bond acceptors (Lipinski definition) is 3. The van der Waals surface area contributed by atoms with Crippen molar-refractivity contribution in [3.05, 3.63) is 71.3 Å². The molecule has 0 saturated carbocycles. The first kappa shape index (κ1) is 17.5. The first-order valence-corrected chi connectivity index (χ1v) is 8.25. The van der Waals surface area contributed by atoms with Crippen LogP contribution in [0.15, 0.2) is 48.5 Å². The molecule has 0 aliphatic carbocycles. The Morgan fingerprint density at radius 1 is 1.16 bits per heavy atom. The molecule has 1 N–H and O–H groups in total. The maximum Gasteiger partial charge on any atom is 0.251 e. The van der Waals surface area contributed by atoms with Crippen molar-refractivity contribution in [2.75, 3.05) is 32.8 Å². The first-order chi connectivity index (χ1) is 12.1. The Hall–Kier alpha value is -2.31. The predicted molar refractivity (Wildman–Crippen MR) is 90.3 cm³/mol. The van der Waals surface area contributed by atoms with Crippen LogP contribution in [-0.2, 0) is 4.74 Å². The SMILES string of the molecule is O=C(NCCN1CCO[C@H](c2ccccc2)C1)c1ccc(F)c(F)c1. The van der Waals surface area contributed by atoms with Crippen molar-refractivity contribution >= 4 is 5.91 Å². The number of carbonyl (C=O) groups is 1. The van der Waals surface area contributed by atoms with Gasteiger partial charge in [-0.3, -0.25) is 9.69 Å². The van der Waals surface area contributed by atoms with E-state index in [1.807, 2.05) is 30.3 Å². The Morgan fingerprint density at radius 3 is 2.72 bits per heavy atom. The van der Waals surface area contributed by atoms with E-state index in [4.69, 9.17) is 4.74 Å². The Morgan fingerprint density at radius 2 is 1.96 bits per heavy atom. The summed E-state index contributed by atoms with van der Waals surface area (Å²) in [7, 11) is 0. The molecule has 0 aromatic heterocycles. The standard InChI is InChI=1S/C19H20F2N2O2/c20-16-7-6-15(12-17(16)21)19(24)22-8-9-23-10-11-25-18(13-23)14-4-2-1-3-5-14/h1-7,12,18H,8-11,13H2,(H,22,24)/t18-/m0/s1. The molecule has 4 nitrogen and oxygen atoms in total. The molecule has 25 heavy (non-hydrogen) atoms. The molecule has 132 valence electrons. The zero-order chi connectivity index (χ0) is 17.6. The average Bonchev–Trinajstić information content (AvgIpc) is 2.65. The lowest BCUT2D eigenvalue weighted by Crippen LogP contribution is -2.42. The van der Waals surface area contributed by atoms with Crippen LogP contribution in [0.4, 0.5) is 8.78 Å². The van der Waals surface area contributed by atoms with Crippen molar-refractivity contribution in [1.29, 1.82) is 0 Å². The number of ether oxygens (including phenoxy) is 1. The number of hydrogen-bond donors (Lipinski definition) is 1. The molecular formula is C19H20F2N2O2. The van der Waals surface area contributed by atoms with E-state index in [2.05, 4.69) is 10.2 Å². The molecule has 0 unspecified atom stereocenters. The Kier molecular flexibility index (Phi) is 5.73. The van der Waals surface area contributed by atoms with Gasteiger partial charge in [0.15, 0.2) is 11.6 Å². The van der Waals surface area contributed by atoms with Gasteiger partial charge >= 0.3 is 0 Å². The molecule has 0 bridgehead atoms. The fourth-order valence-electron chi connectivity index (χ4n) is 2.84. The maximum absolute atomic E-state index is 13.2. The Balaban J connectivity index is 1.48. The molecule has 6 heteroatoms. The summed E-state index contributed by atoms with van der Waals surface area (Å²) < 4.78 is 31.9. The summed E-state index contributed by atoms with van der Waals surface area (Å²) in [5.41, 5.74) is 1.25. The quantitative estimate of drug-likeness (QED) is 0.905. The number of nitrogens with zero attached hydrogens (tertiary/aromatic N) is 1. The van der Waals surface area contributed by atoms with Gasteiger partial charge in [0.05, 0.1) is 12.7 Å². The van der Waals surface area contributed by atoms with E-state index >= 15 is 0 Å². The Labute approximate surface area is 145 Å². The number of carbonyl (C=O) groups excluding carboxylic acids is 1. The number of nitrogens with one attached hydrogen (secondary N) is 1. The zero-order valence-corrected chi connectivity index (χ0v) is 13.8. The van der Waals surface area contributed by atoms with Crippen LogP contribution < -0.4 is 5.32 Å². The fourth-order valence-corrected chi connectivity index (χ4v) is 2.84. The van der Waals surface area contributed by atoms with E-state index in [9.17, 15) is 13.6 Å². The molecule has 1 saturated heterocycles. The third kappa shape index (κ3) is 4.61. The van der Waals surface area contributed by atoms with Gasteiger partial charge in [-0.2, -0.15) is 0 Å². The second-order valence-electron chi connectivity index (χ2n) is 5.96. The zero-order valence-electron chi connectivity index (χ0n) is 13.8. The van der Waals surface area contributed by atoms with Gasteiger partial charge in [-0.1, -0.05) is 30.3 Å². The topological polar surface area (TPSA) is 41.6 Å². The van der Waals surface area contributed by atoms with Crippen molar-refractivity contribution in [2.45, 2.75) is 6.10 Å². The van der Waals surface area contributed by atoms with E-state index < -0.39 is 17.5 Å². The van der Waals surface area contributed by atoms with Gasteiger partial charge in [-0.05, 0) is 23.8 Å². The van der Waals surface area contributed by atoms with Gasteiger partial charge in [-0.25, -0.2) is 8.78 Å². The maximum atomic E-state index is 13.2. The van der Waals surface area contributed by atoms with E-state index in [0.717, 1.165) is 30.8 Å². The van der Waals surface area contributed by atoms with Gasteiger partial charge in [-0.15, -0.1) is 0 Å². The largest absolute Gasteiger partial charge is 0.371 e. The van der Waals surface area contributed by atoms with Crippen molar-refractivity contribution in [2.24, 2.45) is 0 Å². The number of rotatable bonds is 5. The van der Waals surface area contributed by atoms with Crippen LogP contribution in [0.5, 0.6) is 0 Å². The van der Waals surface area contributed by atoms with Gasteiger partial charge in [0, 0.05) is 31.7 Å². The molecule has 1 atom stereocenters. The summed E-state index contributed by atoms with van der Waals surface area (Å²) in [4.78, 5) is 14.2. The van der Waals surface area contributed by atoms with Crippen LogP contribution in [0.1, 0.15) is 22.0 Å². The highest BCUT2D eigenvalue weighted by molar-refractivity contribution is 5.94. The second-order valence-corrected chi connectivity index (χ2v) is 5.96. The van der Waals surface area contributed by atoms with Gasteiger partial charge < -0.3 is 10.1 Å². The van der Waals surface area contributed by atoms with Crippen LogP contribution in [0.2, 0.25) is 0 Å². The molecule has 0 spiro atoms. The monoisotopic (exact) mass is 346 g/mol. The molecule has 0 radical (unpaired) electrons. The highest BCUT2D eigenvalue weighted by Gasteiger charge is 2.21. The summed E-state index contributed by atoms with van der Waals surface area (Å²) in [5.74, 6) is -2.39. The van der Waals surface area contributed by atoms with Crippen molar-refractivity contribution in [1.82, 2.24) is 10.2 Å². The molecule has 2 aromatic carbocycles. The average molecular weight is 346 g/mol. The van der Waals surface area contributed by atoms with Gasteiger partial charge in [0.25, 0.3) is 5.91 Å². The summed E-state index contributed by atoms with van der Waals surface area (Å²) in [6.07, 6.45) is 0.0249. The summed E-state index contributed by atoms with van der Waals surface area (Å²) in [6.45, 7) is 3.29. The minimum absolute atomic E-state index is 0.0249. The Bertz CT molecular complexity index is 725. The van der Waals surface area contributed by atoms with E-state index in [1.54, 1.807) is 0 Å². The number of halogens is 2. The van der Waals surface area contributed by atoms with Gasteiger partial charge in [0.1, 0.15) is 0 Å². The molecule has 1 heterocycles. The molecule has 1 fully saturated rings. The summed E-state index contributed by atoms with van der Waals surface area (Å²) >= 11 is 0. The fraction of sp³-hybridized carbons (Fsp3) is 0.316. The van der Waals surface area contributed by atoms with Crippen molar-refractivity contribution in [3.63, 3.8) is 0 Å². The lowest BCUT2D eigenvalue weighted by Gasteiger charge is -2.33. The molecule has 1 aliphatic heterocycles. The smallest absolute Gasteiger partial charge is 0.251 e.